The zero-order chi connectivity index (χ0) is 20.5. The second-order valence-corrected chi connectivity index (χ2v) is 9.28. The molecule has 30 heavy (non-hydrogen) atoms. The number of carbonyl (C=O) groups is 1. The molecule has 1 unspecified atom stereocenters. The Hall–Kier alpha value is -2.14. The van der Waals surface area contributed by atoms with E-state index in [1.165, 1.54) is 35.2 Å². The molecule has 0 saturated carbocycles. The van der Waals surface area contributed by atoms with E-state index < -0.39 is 0 Å². The van der Waals surface area contributed by atoms with Gasteiger partial charge in [0.15, 0.2) is 5.69 Å². The van der Waals surface area contributed by atoms with Gasteiger partial charge in [0.25, 0.3) is 5.91 Å². The van der Waals surface area contributed by atoms with Gasteiger partial charge >= 0.3 is 0 Å². The van der Waals surface area contributed by atoms with Crippen LogP contribution in [0.2, 0.25) is 0 Å². The van der Waals surface area contributed by atoms with E-state index in [2.05, 4.69) is 46.1 Å². The zero-order valence-electron chi connectivity index (χ0n) is 18.2. The van der Waals surface area contributed by atoms with Crippen LogP contribution in [0.25, 0.3) is 0 Å². The second-order valence-electron chi connectivity index (χ2n) is 9.28. The van der Waals surface area contributed by atoms with Crippen LogP contribution in [-0.2, 0) is 32.2 Å². The van der Waals surface area contributed by atoms with Gasteiger partial charge in [0, 0.05) is 43.0 Å². The lowest BCUT2D eigenvalue weighted by atomic mass is 9.90. The number of carbonyl (C=O) groups excluding carboxylic acids is 1. The first-order chi connectivity index (χ1) is 14.7. The van der Waals surface area contributed by atoms with Crippen molar-refractivity contribution >= 4 is 5.91 Å². The lowest BCUT2D eigenvalue weighted by Gasteiger charge is -2.28. The molecule has 5 heteroatoms. The molecule has 2 aliphatic carbocycles. The van der Waals surface area contributed by atoms with Crippen molar-refractivity contribution in [2.24, 2.45) is 0 Å². The average molecular weight is 407 g/mol. The number of hydrogen-bond donors (Lipinski definition) is 1. The van der Waals surface area contributed by atoms with Gasteiger partial charge in [0.1, 0.15) is 0 Å². The third kappa shape index (κ3) is 3.80. The number of aromatic nitrogens is 2. The summed E-state index contributed by atoms with van der Waals surface area (Å²) in [6.45, 7) is 4.74. The van der Waals surface area contributed by atoms with E-state index in [4.69, 9.17) is 5.10 Å². The molecule has 1 atom stereocenters. The first-order valence-electron chi connectivity index (χ1n) is 11.9. The molecule has 1 saturated heterocycles. The predicted octanol–water partition coefficient (Wildman–Crippen LogP) is 3.53. The number of benzene rings is 1. The molecule has 1 aromatic carbocycles. The molecule has 2 aromatic rings. The second kappa shape index (κ2) is 8.54. The van der Waals surface area contributed by atoms with Crippen LogP contribution in [0.15, 0.2) is 24.3 Å². The van der Waals surface area contributed by atoms with E-state index in [1.54, 1.807) is 0 Å². The number of rotatable bonds is 4. The molecular formula is C25H34N4O. The Morgan fingerprint density at radius 3 is 2.40 bits per heavy atom. The van der Waals surface area contributed by atoms with Gasteiger partial charge in [-0.1, -0.05) is 37.1 Å². The van der Waals surface area contributed by atoms with E-state index in [0.717, 1.165) is 70.3 Å². The van der Waals surface area contributed by atoms with E-state index in [-0.39, 0.29) is 5.91 Å². The monoisotopic (exact) mass is 406 g/mol. The van der Waals surface area contributed by atoms with Crippen LogP contribution in [0.1, 0.15) is 71.9 Å². The Morgan fingerprint density at radius 2 is 1.73 bits per heavy atom. The minimum atomic E-state index is 0.161. The van der Waals surface area contributed by atoms with E-state index in [0.29, 0.717) is 12.1 Å². The topological polar surface area (TPSA) is 50.2 Å². The Labute approximate surface area is 179 Å². The molecular weight excluding hydrogens is 372 g/mol. The van der Waals surface area contributed by atoms with Crippen LogP contribution >= 0.6 is 0 Å². The first-order valence-corrected chi connectivity index (χ1v) is 11.9. The fraction of sp³-hybridized carbons (Fsp3) is 0.600. The van der Waals surface area contributed by atoms with Crippen molar-refractivity contribution in [3.63, 3.8) is 0 Å². The maximum atomic E-state index is 13.4. The standard InChI is InChI=1S/C25H34N4O/c1-2-29-23-12-11-20(26-21-15-18-9-5-6-10-19(18)16-21)17-22(23)24(27-29)25(30)28-13-7-3-4-8-14-28/h5-6,9-10,20-21,26H,2-4,7-8,11-17H2,1H3. The Morgan fingerprint density at radius 1 is 1.03 bits per heavy atom. The highest BCUT2D eigenvalue weighted by atomic mass is 16.2. The summed E-state index contributed by atoms with van der Waals surface area (Å²) < 4.78 is 2.09. The summed E-state index contributed by atoms with van der Waals surface area (Å²) in [5.74, 6) is 0.161. The lowest BCUT2D eigenvalue weighted by Crippen LogP contribution is -2.42. The smallest absolute Gasteiger partial charge is 0.274 e. The number of aryl methyl sites for hydroxylation is 1. The number of fused-ring (bicyclic) bond motifs is 2. The van der Waals surface area contributed by atoms with Crippen LogP contribution in [-0.4, -0.2) is 45.8 Å². The van der Waals surface area contributed by atoms with Crippen molar-refractivity contribution in [2.75, 3.05) is 13.1 Å². The third-order valence-corrected chi connectivity index (χ3v) is 7.26. The number of amides is 1. The molecule has 5 rings (SSSR count). The fourth-order valence-electron chi connectivity index (χ4n) is 5.70. The predicted molar refractivity (Wildman–Crippen MR) is 119 cm³/mol. The Bertz CT molecular complexity index is 885. The highest BCUT2D eigenvalue weighted by Crippen LogP contribution is 2.28. The Balaban J connectivity index is 1.32. The van der Waals surface area contributed by atoms with Gasteiger partial charge in [-0.3, -0.25) is 9.48 Å². The summed E-state index contributed by atoms with van der Waals surface area (Å²) in [7, 11) is 0. The van der Waals surface area contributed by atoms with E-state index >= 15 is 0 Å². The van der Waals surface area contributed by atoms with Gasteiger partial charge in [0.05, 0.1) is 0 Å². The molecule has 0 radical (unpaired) electrons. The van der Waals surface area contributed by atoms with Crippen molar-refractivity contribution in [3.8, 4) is 0 Å². The molecule has 3 aliphatic rings. The maximum Gasteiger partial charge on any atom is 0.274 e. The van der Waals surface area contributed by atoms with Crippen LogP contribution < -0.4 is 5.32 Å². The SMILES string of the molecule is CCn1nc(C(=O)N2CCCCCC2)c2c1CCC(NC1Cc3ccccc3C1)C2. The molecule has 0 bridgehead atoms. The van der Waals surface area contributed by atoms with Gasteiger partial charge in [0.2, 0.25) is 0 Å². The molecule has 0 spiro atoms. The average Bonchev–Trinajstić information content (AvgIpc) is 3.22. The molecule has 1 aliphatic heterocycles. The maximum absolute atomic E-state index is 13.4. The van der Waals surface area contributed by atoms with Crippen molar-refractivity contribution in [1.29, 1.82) is 0 Å². The highest BCUT2D eigenvalue weighted by Gasteiger charge is 2.32. The first kappa shape index (κ1) is 19.8. The Kier molecular flexibility index (Phi) is 5.64. The molecule has 5 nitrogen and oxygen atoms in total. The number of nitrogens with one attached hydrogen (secondary N) is 1. The van der Waals surface area contributed by atoms with Gasteiger partial charge in [-0.25, -0.2) is 0 Å². The van der Waals surface area contributed by atoms with Gasteiger partial charge in [-0.15, -0.1) is 0 Å². The minimum Gasteiger partial charge on any atom is -0.337 e. The van der Waals surface area contributed by atoms with Gasteiger partial charge in [-0.05, 0) is 63.0 Å². The number of nitrogens with zero attached hydrogens (tertiary/aromatic N) is 3. The van der Waals surface area contributed by atoms with Crippen molar-refractivity contribution in [3.05, 3.63) is 52.3 Å². The van der Waals surface area contributed by atoms with Crippen LogP contribution in [0.4, 0.5) is 0 Å². The number of hydrogen-bond acceptors (Lipinski definition) is 3. The third-order valence-electron chi connectivity index (χ3n) is 7.26. The van der Waals surface area contributed by atoms with Crippen molar-refractivity contribution in [2.45, 2.75) is 83.3 Å². The summed E-state index contributed by atoms with van der Waals surface area (Å²) in [4.78, 5) is 15.4. The van der Waals surface area contributed by atoms with Gasteiger partial charge < -0.3 is 10.2 Å². The molecule has 1 aromatic heterocycles. The normalized spacial score (nSPS) is 21.9. The summed E-state index contributed by atoms with van der Waals surface area (Å²) in [6, 6.07) is 9.77. The molecule has 1 amide bonds. The zero-order valence-corrected chi connectivity index (χ0v) is 18.2. The highest BCUT2D eigenvalue weighted by molar-refractivity contribution is 5.94. The van der Waals surface area contributed by atoms with Crippen LogP contribution in [0, 0.1) is 0 Å². The molecule has 1 N–H and O–H groups in total. The van der Waals surface area contributed by atoms with Crippen molar-refractivity contribution in [1.82, 2.24) is 20.0 Å². The lowest BCUT2D eigenvalue weighted by molar-refractivity contribution is 0.0753. The van der Waals surface area contributed by atoms with Crippen LogP contribution in [0.5, 0.6) is 0 Å². The molecule has 2 heterocycles. The molecule has 1 fully saturated rings. The molecule has 160 valence electrons. The van der Waals surface area contributed by atoms with E-state index in [9.17, 15) is 4.79 Å². The minimum absolute atomic E-state index is 0.161. The van der Waals surface area contributed by atoms with Gasteiger partial charge in [-0.2, -0.15) is 5.10 Å². The largest absolute Gasteiger partial charge is 0.337 e. The van der Waals surface area contributed by atoms with E-state index in [1.807, 2.05) is 0 Å². The summed E-state index contributed by atoms with van der Waals surface area (Å²) in [5.41, 5.74) is 6.22. The fourth-order valence-corrected chi connectivity index (χ4v) is 5.70. The number of likely N-dealkylation sites (tertiary alicyclic amines) is 1. The quantitative estimate of drug-likeness (QED) is 0.845. The summed E-state index contributed by atoms with van der Waals surface area (Å²) in [6.07, 6.45) is 10.0. The van der Waals surface area contributed by atoms with Crippen LogP contribution in [0.3, 0.4) is 0 Å². The summed E-state index contributed by atoms with van der Waals surface area (Å²) in [5, 5.41) is 8.74. The summed E-state index contributed by atoms with van der Waals surface area (Å²) >= 11 is 0. The van der Waals surface area contributed by atoms with Crippen molar-refractivity contribution < 1.29 is 4.79 Å².